The molecule has 0 saturated carbocycles. The largest absolute Gasteiger partial charge is 0.492 e. The van der Waals surface area contributed by atoms with E-state index in [2.05, 4.69) is 21.2 Å². The van der Waals surface area contributed by atoms with Gasteiger partial charge in [0.2, 0.25) is 0 Å². The zero-order valence-electron chi connectivity index (χ0n) is 14.2. The van der Waals surface area contributed by atoms with Gasteiger partial charge >= 0.3 is 12.1 Å². The standard InChI is InChI=1S/C16H21BrClNO5S/c1-16(2,3)24-15(22)19-12(14(20)21)9-25-7-6-23-13-5-4-10(18)8-11(13)17/h4-5,8,12H,6-7,9H2,1-3H3,(H,19,22)(H,20,21). The lowest BCUT2D eigenvalue weighted by Crippen LogP contribution is -2.45. The van der Waals surface area contributed by atoms with Gasteiger partial charge in [0.15, 0.2) is 0 Å². The van der Waals surface area contributed by atoms with Gasteiger partial charge in [-0.1, -0.05) is 11.6 Å². The maximum Gasteiger partial charge on any atom is 0.408 e. The first-order valence-electron chi connectivity index (χ1n) is 7.46. The molecule has 140 valence electrons. The molecule has 1 rings (SSSR count). The lowest BCUT2D eigenvalue weighted by molar-refractivity contribution is -0.138. The molecule has 0 bridgehead atoms. The molecule has 0 saturated heterocycles. The number of ether oxygens (including phenoxy) is 2. The van der Waals surface area contributed by atoms with Crippen LogP contribution in [0.5, 0.6) is 5.75 Å². The van der Waals surface area contributed by atoms with Crippen LogP contribution in [0.3, 0.4) is 0 Å². The second kappa shape index (κ2) is 10.1. The zero-order chi connectivity index (χ0) is 19.0. The summed E-state index contributed by atoms with van der Waals surface area (Å²) in [4.78, 5) is 22.9. The third-order valence-electron chi connectivity index (χ3n) is 2.65. The molecular formula is C16H21BrClNO5S. The molecule has 0 heterocycles. The smallest absolute Gasteiger partial charge is 0.408 e. The molecule has 6 nitrogen and oxygen atoms in total. The number of carboxylic acid groups (broad SMARTS) is 1. The molecule has 2 N–H and O–H groups in total. The highest BCUT2D eigenvalue weighted by atomic mass is 79.9. The van der Waals surface area contributed by atoms with Crippen LogP contribution >= 0.6 is 39.3 Å². The van der Waals surface area contributed by atoms with Crippen LogP contribution in [0.4, 0.5) is 4.79 Å². The number of benzene rings is 1. The summed E-state index contributed by atoms with van der Waals surface area (Å²) in [6.45, 7) is 5.53. The highest BCUT2D eigenvalue weighted by Gasteiger charge is 2.23. The molecule has 0 spiro atoms. The lowest BCUT2D eigenvalue weighted by atomic mass is 10.2. The number of carbonyl (C=O) groups is 2. The number of carbonyl (C=O) groups excluding carboxylic acids is 1. The Morgan fingerprint density at radius 3 is 2.64 bits per heavy atom. The average Bonchev–Trinajstić information content (AvgIpc) is 2.45. The van der Waals surface area contributed by atoms with Crippen molar-refractivity contribution in [1.82, 2.24) is 5.32 Å². The van der Waals surface area contributed by atoms with E-state index < -0.39 is 23.7 Å². The van der Waals surface area contributed by atoms with Gasteiger partial charge in [0.05, 0.1) is 11.1 Å². The van der Waals surface area contributed by atoms with Gasteiger partial charge in [0.25, 0.3) is 0 Å². The number of hydrogen-bond acceptors (Lipinski definition) is 5. The third-order valence-corrected chi connectivity index (χ3v) is 4.53. The maximum atomic E-state index is 11.7. The van der Waals surface area contributed by atoms with Crippen LogP contribution in [-0.4, -0.2) is 46.9 Å². The summed E-state index contributed by atoms with van der Waals surface area (Å²) in [5.74, 6) is 0.320. The van der Waals surface area contributed by atoms with Crippen LogP contribution in [0, 0.1) is 0 Å². The number of nitrogens with one attached hydrogen (secondary N) is 1. The normalized spacial score (nSPS) is 12.4. The monoisotopic (exact) mass is 453 g/mol. The summed E-state index contributed by atoms with van der Waals surface area (Å²) in [5.41, 5.74) is -0.680. The molecule has 0 aromatic heterocycles. The first-order chi connectivity index (χ1) is 11.6. The molecule has 0 aliphatic rings. The summed E-state index contributed by atoms with van der Waals surface area (Å²) < 4.78 is 11.4. The molecule has 0 aliphatic heterocycles. The number of thioether (sulfide) groups is 1. The molecule has 9 heteroatoms. The van der Waals surface area contributed by atoms with E-state index in [-0.39, 0.29) is 5.75 Å². The number of aliphatic carboxylic acids is 1. The molecular weight excluding hydrogens is 434 g/mol. The molecule has 1 aromatic carbocycles. The summed E-state index contributed by atoms with van der Waals surface area (Å²) in [6, 6.07) is 4.18. The highest BCUT2D eigenvalue weighted by Crippen LogP contribution is 2.28. The van der Waals surface area contributed by atoms with E-state index in [1.807, 2.05) is 0 Å². The van der Waals surface area contributed by atoms with Crippen molar-refractivity contribution in [2.24, 2.45) is 0 Å². The van der Waals surface area contributed by atoms with Crippen molar-refractivity contribution in [2.45, 2.75) is 32.4 Å². The third kappa shape index (κ3) is 9.23. The quantitative estimate of drug-likeness (QED) is 0.573. The number of hydrogen-bond donors (Lipinski definition) is 2. The van der Waals surface area contributed by atoms with E-state index in [1.54, 1.807) is 39.0 Å². The average molecular weight is 455 g/mol. The van der Waals surface area contributed by atoms with Gasteiger partial charge in [0, 0.05) is 16.5 Å². The molecule has 1 aromatic rings. The number of alkyl carbamates (subject to hydrolysis) is 1. The van der Waals surface area contributed by atoms with Crippen molar-refractivity contribution in [3.8, 4) is 5.75 Å². The van der Waals surface area contributed by atoms with Gasteiger partial charge < -0.3 is 19.9 Å². The molecule has 0 radical (unpaired) electrons. The van der Waals surface area contributed by atoms with E-state index in [9.17, 15) is 14.7 Å². The van der Waals surface area contributed by atoms with Gasteiger partial charge in [0.1, 0.15) is 17.4 Å². The summed E-state index contributed by atoms with van der Waals surface area (Å²) in [6.07, 6.45) is -0.748. The SMILES string of the molecule is CC(C)(C)OC(=O)NC(CSCCOc1ccc(Cl)cc1Br)C(=O)O. The van der Waals surface area contributed by atoms with Crippen molar-refractivity contribution >= 4 is 51.4 Å². The number of rotatable bonds is 8. The molecule has 0 fully saturated rings. The molecule has 1 unspecified atom stereocenters. The predicted octanol–water partition coefficient (Wildman–Crippen LogP) is 4.19. The molecule has 0 aliphatic carbocycles. The fourth-order valence-corrected chi connectivity index (χ4v) is 3.26. The van der Waals surface area contributed by atoms with Crippen molar-refractivity contribution in [3.05, 3.63) is 27.7 Å². The maximum absolute atomic E-state index is 11.7. The van der Waals surface area contributed by atoms with Crippen LogP contribution in [0.15, 0.2) is 22.7 Å². The summed E-state index contributed by atoms with van der Waals surface area (Å²) in [7, 11) is 0. The van der Waals surface area contributed by atoms with Gasteiger partial charge in [-0.3, -0.25) is 0 Å². The lowest BCUT2D eigenvalue weighted by Gasteiger charge is -2.21. The number of halogens is 2. The Labute approximate surface area is 164 Å². The van der Waals surface area contributed by atoms with Gasteiger partial charge in [-0.15, -0.1) is 0 Å². The first kappa shape index (κ1) is 21.9. The van der Waals surface area contributed by atoms with Gasteiger partial charge in [-0.25, -0.2) is 9.59 Å². The van der Waals surface area contributed by atoms with Crippen molar-refractivity contribution in [2.75, 3.05) is 18.1 Å². The van der Waals surface area contributed by atoms with Crippen LogP contribution in [0.1, 0.15) is 20.8 Å². The van der Waals surface area contributed by atoms with Crippen molar-refractivity contribution < 1.29 is 24.2 Å². The number of carboxylic acids is 1. The Hall–Kier alpha value is -1.12. The Kier molecular flexibility index (Phi) is 8.88. The van der Waals surface area contributed by atoms with Crippen LogP contribution in [0.2, 0.25) is 5.02 Å². The molecule has 25 heavy (non-hydrogen) atoms. The van der Waals surface area contributed by atoms with Crippen molar-refractivity contribution in [3.63, 3.8) is 0 Å². The minimum absolute atomic E-state index is 0.208. The van der Waals surface area contributed by atoms with Crippen LogP contribution in [0.25, 0.3) is 0 Å². The van der Waals surface area contributed by atoms with Crippen LogP contribution < -0.4 is 10.1 Å². The van der Waals surface area contributed by atoms with E-state index in [4.69, 9.17) is 21.1 Å². The fourth-order valence-electron chi connectivity index (χ4n) is 1.63. The molecule has 1 atom stereocenters. The van der Waals surface area contributed by atoms with Gasteiger partial charge in [-0.05, 0) is 54.9 Å². The number of amides is 1. The van der Waals surface area contributed by atoms with E-state index in [0.717, 1.165) is 4.47 Å². The van der Waals surface area contributed by atoms with Crippen molar-refractivity contribution in [1.29, 1.82) is 0 Å². The molecule has 1 amide bonds. The fraction of sp³-hybridized carbons (Fsp3) is 0.500. The van der Waals surface area contributed by atoms with E-state index >= 15 is 0 Å². The Bertz CT molecular complexity index is 609. The summed E-state index contributed by atoms with van der Waals surface area (Å²) in [5, 5.41) is 12.1. The van der Waals surface area contributed by atoms with E-state index in [1.165, 1.54) is 11.8 Å². The first-order valence-corrected chi connectivity index (χ1v) is 9.79. The second-order valence-electron chi connectivity index (χ2n) is 6.04. The minimum Gasteiger partial charge on any atom is -0.492 e. The second-order valence-corrected chi connectivity index (χ2v) is 8.48. The zero-order valence-corrected chi connectivity index (χ0v) is 17.3. The Balaban J connectivity index is 2.35. The predicted molar refractivity (Wildman–Crippen MR) is 103 cm³/mol. The topological polar surface area (TPSA) is 84.9 Å². The Morgan fingerprint density at radius 2 is 2.08 bits per heavy atom. The highest BCUT2D eigenvalue weighted by molar-refractivity contribution is 9.10. The van der Waals surface area contributed by atoms with Gasteiger partial charge in [-0.2, -0.15) is 11.8 Å². The van der Waals surface area contributed by atoms with E-state index in [0.29, 0.717) is 23.1 Å². The Morgan fingerprint density at radius 1 is 1.40 bits per heavy atom. The minimum atomic E-state index is -1.11. The van der Waals surface area contributed by atoms with Crippen LogP contribution in [-0.2, 0) is 9.53 Å². The summed E-state index contributed by atoms with van der Waals surface area (Å²) >= 11 is 10.6.